The van der Waals surface area contributed by atoms with Crippen molar-refractivity contribution < 1.29 is 4.79 Å². The molecular weight excluding hydrogens is 132 g/mol. The standard InChI is InChI=1S/C7H5OS/c8-5-6-1-3-7(9)4-2-6/h1-4,9H. The molecule has 0 amide bonds. The lowest BCUT2D eigenvalue weighted by Crippen LogP contribution is -1.76. The molecule has 0 fully saturated rings. The van der Waals surface area contributed by atoms with Crippen LogP contribution in [0.3, 0.4) is 0 Å². The maximum atomic E-state index is 9.97. The van der Waals surface area contributed by atoms with Gasteiger partial charge in [0.25, 0.3) is 0 Å². The van der Waals surface area contributed by atoms with Crippen LogP contribution in [0.5, 0.6) is 0 Å². The minimum absolute atomic E-state index is 0.563. The molecule has 0 spiro atoms. The lowest BCUT2D eigenvalue weighted by atomic mass is 10.2. The summed E-state index contributed by atoms with van der Waals surface area (Å²) in [5.41, 5.74) is 0.563. The van der Waals surface area contributed by atoms with Gasteiger partial charge < -0.3 is 0 Å². The zero-order valence-electron chi connectivity index (χ0n) is 4.66. The molecule has 0 unspecified atom stereocenters. The Hall–Kier alpha value is -0.760. The van der Waals surface area contributed by atoms with Crippen LogP contribution >= 0.6 is 12.6 Å². The van der Waals surface area contributed by atoms with Crippen LogP contribution in [0, 0.1) is 0 Å². The predicted molar refractivity (Wildman–Crippen MR) is 38.5 cm³/mol. The van der Waals surface area contributed by atoms with Gasteiger partial charge in [0.2, 0.25) is 6.29 Å². The Balaban J connectivity index is 3.01. The predicted octanol–water partition coefficient (Wildman–Crippen LogP) is 1.43. The van der Waals surface area contributed by atoms with Crippen LogP contribution in [-0.4, -0.2) is 6.29 Å². The molecule has 0 aliphatic carbocycles. The van der Waals surface area contributed by atoms with E-state index >= 15 is 0 Å². The summed E-state index contributed by atoms with van der Waals surface area (Å²) in [5.74, 6) is 0. The average molecular weight is 137 g/mol. The Labute approximate surface area is 59.1 Å². The van der Waals surface area contributed by atoms with Crippen LogP contribution in [0.1, 0.15) is 5.56 Å². The molecule has 0 heterocycles. The highest BCUT2D eigenvalue weighted by molar-refractivity contribution is 7.80. The van der Waals surface area contributed by atoms with Gasteiger partial charge in [-0.25, -0.2) is 0 Å². The Bertz CT molecular complexity index is 203. The van der Waals surface area contributed by atoms with Crippen molar-refractivity contribution in [2.45, 2.75) is 4.90 Å². The Morgan fingerprint density at radius 2 is 1.78 bits per heavy atom. The normalized spacial score (nSPS) is 9.00. The third-order valence-corrected chi connectivity index (χ3v) is 1.28. The highest BCUT2D eigenvalue weighted by Crippen LogP contribution is 2.04. The first-order valence-corrected chi connectivity index (χ1v) is 2.95. The van der Waals surface area contributed by atoms with Crippen LogP contribution in [0.25, 0.3) is 0 Å². The van der Waals surface area contributed by atoms with E-state index in [1.807, 2.05) is 0 Å². The molecule has 2 heteroatoms. The first-order chi connectivity index (χ1) is 4.33. The molecule has 0 atom stereocenters. The van der Waals surface area contributed by atoms with Crippen LogP contribution in [0.4, 0.5) is 0 Å². The van der Waals surface area contributed by atoms with Gasteiger partial charge in [-0.05, 0) is 24.3 Å². The number of rotatable bonds is 1. The van der Waals surface area contributed by atoms with Crippen molar-refractivity contribution in [2.75, 3.05) is 0 Å². The van der Waals surface area contributed by atoms with Gasteiger partial charge in [-0.15, -0.1) is 12.6 Å². The quantitative estimate of drug-likeness (QED) is 0.579. The molecule has 0 bridgehead atoms. The molecule has 1 rings (SSSR count). The van der Waals surface area contributed by atoms with Gasteiger partial charge in [0, 0.05) is 10.5 Å². The third kappa shape index (κ3) is 1.57. The second-order valence-corrected chi connectivity index (χ2v) is 2.17. The molecule has 0 aliphatic rings. The van der Waals surface area contributed by atoms with E-state index in [0.717, 1.165) is 4.90 Å². The fourth-order valence-corrected chi connectivity index (χ4v) is 0.679. The Morgan fingerprint density at radius 3 is 2.22 bits per heavy atom. The molecule has 0 aromatic heterocycles. The molecule has 1 nitrogen and oxygen atoms in total. The Morgan fingerprint density at radius 1 is 1.22 bits per heavy atom. The van der Waals surface area contributed by atoms with Gasteiger partial charge >= 0.3 is 0 Å². The number of carbonyl (C=O) groups excluding carboxylic acids is 1. The van der Waals surface area contributed by atoms with Crippen molar-refractivity contribution in [1.29, 1.82) is 0 Å². The molecule has 1 aromatic carbocycles. The van der Waals surface area contributed by atoms with E-state index in [4.69, 9.17) is 0 Å². The van der Waals surface area contributed by atoms with E-state index in [-0.39, 0.29) is 0 Å². The summed E-state index contributed by atoms with van der Waals surface area (Å²) in [6, 6.07) is 6.86. The lowest BCUT2D eigenvalue weighted by Gasteiger charge is -1.87. The highest BCUT2D eigenvalue weighted by Gasteiger charge is 1.87. The molecule has 9 heavy (non-hydrogen) atoms. The second kappa shape index (κ2) is 2.69. The third-order valence-electron chi connectivity index (χ3n) is 0.985. The van der Waals surface area contributed by atoms with Gasteiger partial charge in [0.05, 0.1) is 0 Å². The van der Waals surface area contributed by atoms with Gasteiger partial charge in [-0.3, -0.25) is 4.79 Å². The van der Waals surface area contributed by atoms with Crippen molar-refractivity contribution >= 4 is 18.9 Å². The molecular formula is C7H5OS. The first kappa shape index (κ1) is 6.36. The van der Waals surface area contributed by atoms with E-state index < -0.39 is 0 Å². The van der Waals surface area contributed by atoms with E-state index in [1.54, 1.807) is 30.6 Å². The summed E-state index contributed by atoms with van der Waals surface area (Å²) in [6.45, 7) is 0. The van der Waals surface area contributed by atoms with Crippen molar-refractivity contribution in [3.63, 3.8) is 0 Å². The first-order valence-electron chi connectivity index (χ1n) is 2.50. The monoisotopic (exact) mass is 137 g/mol. The largest absolute Gasteiger partial charge is 0.285 e. The summed E-state index contributed by atoms with van der Waals surface area (Å²) in [4.78, 5) is 10.8. The number of thiol groups is 1. The number of hydrogen-bond donors (Lipinski definition) is 1. The second-order valence-electron chi connectivity index (χ2n) is 1.65. The SMILES string of the molecule is O=[C]c1ccc(S)cc1. The van der Waals surface area contributed by atoms with Crippen LogP contribution in [0.15, 0.2) is 29.2 Å². The van der Waals surface area contributed by atoms with Crippen molar-refractivity contribution in [1.82, 2.24) is 0 Å². The maximum absolute atomic E-state index is 9.97. The minimum Gasteiger partial charge on any atom is -0.285 e. The van der Waals surface area contributed by atoms with Crippen LogP contribution < -0.4 is 0 Å². The summed E-state index contributed by atoms with van der Waals surface area (Å²) >= 11 is 4.04. The van der Waals surface area contributed by atoms with E-state index in [2.05, 4.69) is 12.6 Å². The zero-order chi connectivity index (χ0) is 6.69. The number of benzene rings is 1. The lowest BCUT2D eigenvalue weighted by molar-refractivity contribution is 0.562. The van der Waals surface area contributed by atoms with Crippen LogP contribution in [0.2, 0.25) is 0 Å². The van der Waals surface area contributed by atoms with Gasteiger partial charge in [0.15, 0.2) is 0 Å². The highest BCUT2D eigenvalue weighted by atomic mass is 32.1. The molecule has 1 aromatic rings. The maximum Gasteiger partial charge on any atom is 0.233 e. The summed E-state index contributed by atoms with van der Waals surface area (Å²) in [7, 11) is 0. The van der Waals surface area contributed by atoms with Crippen molar-refractivity contribution in [2.24, 2.45) is 0 Å². The molecule has 0 aliphatic heterocycles. The smallest absolute Gasteiger partial charge is 0.233 e. The van der Waals surface area contributed by atoms with Gasteiger partial charge in [0.1, 0.15) is 0 Å². The van der Waals surface area contributed by atoms with Crippen molar-refractivity contribution in [3.05, 3.63) is 29.8 Å². The molecule has 1 radical (unpaired) electrons. The van der Waals surface area contributed by atoms with E-state index in [1.165, 1.54) is 0 Å². The molecule has 0 saturated carbocycles. The van der Waals surface area contributed by atoms with E-state index in [9.17, 15) is 4.79 Å². The summed E-state index contributed by atoms with van der Waals surface area (Å²) < 4.78 is 0. The fraction of sp³-hybridized carbons (Fsp3) is 0. The van der Waals surface area contributed by atoms with Crippen LogP contribution in [-0.2, 0) is 4.79 Å². The number of hydrogen-bond acceptors (Lipinski definition) is 2. The topological polar surface area (TPSA) is 17.1 Å². The summed E-state index contributed by atoms with van der Waals surface area (Å²) in [5, 5.41) is 0. The molecule has 0 N–H and O–H groups in total. The average Bonchev–Trinajstić information content (AvgIpc) is 1.90. The fourth-order valence-electron chi connectivity index (χ4n) is 0.529. The summed E-state index contributed by atoms with van der Waals surface area (Å²) in [6.07, 6.45) is 1.77. The molecule has 0 saturated heterocycles. The minimum atomic E-state index is 0.563. The van der Waals surface area contributed by atoms with Gasteiger partial charge in [-0.1, -0.05) is 0 Å². The van der Waals surface area contributed by atoms with Gasteiger partial charge in [-0.2, -0.15) is 0 Å². The van der Waals surface area contributed by atoms with E-state index in [0.29, 0.717) is 5.56 Å². The molecule has 45 valence electrons. The Kier molecular flexibility index (Phi) is 1.90. The van der Waals surface area contributed by atoms with Crippen molar-refractivity contribution in [3.8, 4) is 0 Å². The zero-order valence-corrected chi connectivity index (χ0v) is 5.56.